The lowest BCUT2D eigenvalue weighted by atomic mass is 10.2. The molecule has 6 nitrogen and oxygen atoms in total. The van der Waals surface area contributed by atoms with E-state index in [0.29, 0.717) is 0 Å². The Morgan fingerprint density at radius 3 is 2.56 bits per heavy atom. The van der Waals surface area contributed by atoms with E-state index in [9.17, 15) is 28.4 Å². The summed E-state index contributed by atoms with van der Waals surface area (Å²) in [5, 5.41) is 19.5. The van der Waals surface area contributed by atoms with E-state index in [4.69, 9.17) is 0 Å². The third-order valence-electron chi connectivity index (χ3n) is 1.56. The number of hydrogen-bond acceptors (Lipinski definition) is 5. The van der Waals surface area contributed by atoms with Crippen LogP contribution in [0.5, 0.6) is 11.5 Å². The average molecular weight is 238 g/mol. The normalized spacial score (nSPS) is 11.2. The van der Waals surface area contributed by atoms with Crippen molar-refractivity contribution in [2.75, 3.05) is 0 Å². The van der Waals surface area contributed by atoms with Crippen LogP contribution in [0.25, 0.3) is 0 Å². The SMILES string of the molecule is Cc1cnc([N+](=O)[O-])c(O)c1OC(F)(F)F. The first-order valence-electron chi connectivity index (χ1n) is 3.81. The van der Waals surface area contributed by atoms with Crippen molar-refractivity contribution in [2.45, 2.75) is 13.3 Å². The molecular formula is C7H5F3N2O4. The van der Waals surface area contributed by atoms with Crippen LogP contribution >= 0.6 is 0 Å². The molecule has 1 heterocycles. The molecule has 0 radical (unpaired) electrons. The minimum Gasteiger partial charge on any atom is -0.498 e. The Labute approximate surface area is 86.4 Å². The molecule has 0 unspecified atom stereocenters. The lowest BCUT2D eigenvalue weighted by Crippen LogP contribution is -2.18. The van der Waals surface area contributed by atoms with Crippen molar-refractivity contribution in [1.29, 1.82) is 0 Å². The number of halogens is 3. The molecule has 0 aliphatic carbocycles. The molecular weight excluding hydrogens is 233 g/mol. The highest BCUT2D eigenvalue weighted by Crippen LogP contribution is 2.39. The zero-order valence-corrected chi connectivity index (χ0v) is 7.78. The van der Waals surface area contributed by atoms with Gasteiger partial charge in [0.05, 0.1) is 0 Å². The molecule has 16 heavy (non-hydrogen) atoms. The number of alkyl halides is 3. The lowest BCUT2D eigenvalue weighted by molar-refractivity contribution is -0.390. The smallest absolute Gasteiger partial charge is 0.498 e. The first-order valence-corrected chi connectivity index (χ1v) is 3.81. The summed E-state index contributed by atoms with van der Waals surface area (Å²) in [4.78, 5) is 12.4. The van der Waals surface area contributed by atoms with Gasteiger partial charge in [0.25, 0.3) is 5.75 Å². The van der Waals surface area contributed by atoms with E-state index in [2.05, 4.69) is 9.72 Å². The first kappa shape index (κ1) is 12.0. The van der Waals surface area contributed by atoms with E-state index in [1.807, 2.05) is 0 Å². The van der Waals surface area contributed by atoms with Crippen LogP contribution in [0.4, 0.5) is 19.0 Å². The van der Waals surface area contributed by atoms with E-state index < -0.39 is 28.6 Å². The van der Waals surface area contributed by atoms with E-state index in [1.165, 1.54) is 0 Å². The molecule has 1 aromatic rings. The van der Waals surface area contributed by atoms with Gasteiger partial charge in [0.15, 0.2) is 5.75 Å². The van der Waals surface area contributed by atoms with Crippen LogP contribution in [0.15, 0.2) is 6.20 Å². The third-order valence-corrected chi connectivity index (χ3v) is 1.56. The number of nitrogens with zero attached hydrogens (tertiary/aromatic N) is 2. The molecule has 1 rings (SSSR count). The van der Waals surface area contributed by atoms with Gasteiger partial charge in [-0.25, -0.2) is 0 Å². The summed E-state index contributed by atoms with van der Waals surface area (Å²) in [6, 6.07) is 0. The molecule has 1 aromatic heterocycles. The van der Waals surface area contributed by atoms with Crippen molar-refractivity contribution in [3.05, 3.63) is 21.9 Å². The van der Waals surface area contributed by atoms with E-state index >= 15 is 0 Å². The highest BCUT2D eigenvalue weighted by Gasteiger charge is 2.35. The molecule has 0 aromatic carbocycles. The molecule has 0 aliphatic heterocycles. The van der Waals surface area contributed by atoms with Gasteiger partial charge in [-0.05, 0) is 16.8 Å². The predicted octanol–water partition coefficient (Wildman–Crippen LogP) is 1.90. The van der Waals surface area contributed by atoms with Gasteiger partial charge in [-0.2, -0.15) is 0 Å². The molecule has 0 spiro atoms. The second-order valence-electron chi connectivity index (χ2n) is 2.75. The minimum atomic E-state index is -5.04. The number of rotatable bonds is 2. The van der Waals surface area contributed by atoms with Crippen molar-refractivity contribution in [2.24, 2.45) is 0 Å². The van der Waals surface area contributed by atoms with Gasteiger partial charge in [0.2, 0.25) is 0 Å². The molecule has 0 amide bonds. The van der Waals surface area contributed by atoms with Gasteiger partial charge in [-0.15, -0.1) is 13.2 Å². The van der Waals surface area contributed by atoms with Crippen LogP contribution < -0.4 is 4.74 Å². The highest BCUT2D eigenvalue weighted by atomic mass is 19.4. The Bertz CT molecular complexity index is 432. The fourth-order valence-corrected chi connectivity index (χ4v) is 0.944. The predicted molar refractivity (Wildman–Crippen MR) is 44.0 cm³/mol. The Morgan fingerprint density at radius 2 is 2.12 bits per heavy atom. The van der Waals surface area contributed by atoms with Gasteiger partial charge in [-0.1, -0.05) is 0 Å². The summed E-state index contributed by atoms with van der Waals surface area (Å²) < 4.78 is 39.2. The number of pyridine rings is 1. The van der Waals surface area contributed by atoms with Crippen LogP contribution in [0, 0.1) is 17.0 Å². The average Bonchev–Trinajstić information content (AvgIpc) is 2.10. The monoisotopic (exact) mass is 238 g/mol. The molecule has 0 saturated carbocycles. The summed E-state index contributed by atoms with van der Waals surface area (Å²) in [6.07, 6.45) is -4.24. The Morgan fingerprint density at radius 1 is 1.56 bits per heavy atom. The zero-order chi connectivity index (χ0) is 12.5. The molecule has 0 bridgehead atoms. The maximum absolute atomic E-state index is 11.9. The number of hydrogen-bond donors (Lipinski definition) is 1. The maximum atomic E-state index is 11.9. The zero-order valence-electron chi connectivity index (χ0n) is 7.78. The van der Waals surface area contributed by atoms with Crippen LogP contribution in [0.1, 0.15) is 5.56 Å². The van der Waals surface area contributed by atoms with Gasteiger partial charge in [-0.3, -0.25) is 0 Å². The first-order chi connectivity index (χ1) is 7.22. The number of aromatic hydroxyl groups is 1. The van der Waals surface area contributed by atoms with Gasteiger partial charge in [0.1, 0.15) is 6.20 Å². The molecule has 88 valence electrons. The van der Waals surface area contributed by atoms with Crippen molar-refractivity contribution in [1.82, 2.24) is 4.98 Å². The standard InChI is InChI=1S/C7H5F3N2O4/c1-3-2-11-6(12(14)15)4(13)5(3)16-7(8,9)10/h2,13H,1H3. The summed E-state index contributed by atoms with van der Waals surface area (Å²) in [7, 11) is 0. The fourth-order valence-electron chi connectivity index (χ4n) is 0.944. The van der Waals surface area contributed by atoms with Crippen molar-refractivity contribution >= 4 is 5.82 Å². The molecule has 0 saturated heterocycles. The maximum Gasteiger partial charge on any atom is 0.573 e. The summed E-state index contributed by atoms with van der Waals surface area (Å²) in [5.74, 6) is -3.36. The molecule has 0 atom stereocenters. The third kappa shape index (κ3) is 2.49. The Hall–Kier alpha value is -2.06. The number of aromatic nitrogens is 1. The second-order valence-corrected chi connectivity index (χ2v) is 2.75. The van der Waals surface area contributed by atoms with Crippen molar-refractivity contribution < 1.29 is 27.9 Å². The number of ether oxygens (including phenoxy) is 1. The second kappa shape index (κ2) is 3.83. The van der Waals surface area contributed by atoms with E-state index in [0.717, 1.165) is 13.1 Å². The van der Waals surface area contributed by atoms with Crippen LogP contribution in [-0.4, -0.2) is 21.4 Å². The number of aryl methyl sites for hydroxylation is 1. The number of nitro groups is 1. The van der Waals surface area contributed by atoms with Crippen LogP contribution in [0.2, 0.25) is 0 Å². The Balaban J connectivity index is 3.27. The topological polar surface area (TPSA) is 85.5 Å². The lowest BCUT2D eigenvalue weighted by Gasteiger charge is -2.11. The Kier molecular flexibility index (Phi) is 2.88. The van der Waals surface area contributed by atoms with E-state index in [1.54, 1.807) is 0 Å². The highest BCUT2D eigenvalue weighted by molar-refractivity contribution is 5.53. The summed E-state index contributed by atoms with van der Waals surface area (Å²) in [6.45, 7) is 1.16. The largest absolute Gasteiger partial charge is 0.573 e. The summed E-state index contributed by atoms with van der Waals surface area (Å²) >= 11 is 0. The molecule has 0 fully saturated rings. The van der Waals surface area contributed by atoms with Gasteiger partial charge in [0, 0.05) is 5.56 Å². The van der Waals surface area contributed by atoms with Crippen LogP contribution in [-0.2, 0) is 0 Å². The summed E-state index contributed by atoms with van der Waals surface area (Å²) in [5.41, 5.74) is -0.166. The van der Waals surface area contributed by atoms with Crippen molar-refractivity contribution in [3.8, 4) is 11.5 Å². The molecule has 1 N–H and O–H groups in total. The molecule has 0 aliphatic rings. The fraction of sp³-hybridized carbons (Fsp3) is 0.286. The van der Waals surface area contributed by atoms with Gasteiger partial charge >= 0.3 is 12.2 Å². The van der Waals surface area contributed by atoms with Crippen LogP contribution in [0.3, 0.4) is 0 Å². The van der Waals surface area contributed by atoms with Crippen molar-refractivity contribution in [3.63, 3.8) is 0 Å². The molecule has 9 heteroatoms. The minimum absolute atomic E-state index is 0.166. The quantitative estimate of drug-likeness (QED) is 0.628. The van der Waals surface area contributed by atoms with Gasteiger partial charge < -0.3 is 20.0 Å². The van der Waals surface area contributed by atoms with E-state index in [-0.39, 0.29) is 5.56 Å².